The van der Waals surface area contributed by atoms with Gasteiger partial charge in [-0.15, -0.1) is 12.4 Å². The van der Waals surface area contributed by atoms with Crippen LogP contribution >= 0.6 is 29.6 Å². The molecule has 0 aromatic heterocycles. The molecule has 30 heavy (non-hydrogen) atoms. The zero-order valence-corrected chi connectivity index (χ0v) is 21.2. The average Bonchev–Trinajstić information content (AvgIpc) is 2.79. The molecule has 0 radical (unpaired) electrons. The average molecular weight is 495 g/mol. The van der Waals surface area contributed by atoms with Gasteiger partial charge in [0.05, 0.1) is 0 Å². The standard InChI is InChI=1S/2C12H11P.C2H6.ClH.Fe/c2*1-3-7-11(8-4-1)13-12-9-5-2-6-10-12;1-2;;/h2*1-10,13H;1-2H3;1H;. The topological polar surface area (TPSA) is 0 Å². The minimum Gasteiger partial charge on any atom is -0.147 e. The number of hydrogen-bond donors (Lipinski definition) is 0. The predicted octanol–water partition coefficient (Wildman–Crippen LogP) is 6.08. The summed E-state index contributed by atoms with van der Waals surface area (Å²) in [5, 5.41) is 5.59. The fourth-order valence-corrected chi connectivity index (χ4v) is 4.52. The summed E-state index contributed by atoms with van der Waals surface area (Å²) in [7, 11) is 1.55. The van der Waals surface area contributed by atoms with Crippen LogP contribution in [0.25, 0.3) is 0 Å². The largest absolute Gasteiger partial charge is 0.147 e. The first-order valence-corrected chi connectivity index (χ1v) is 11.6. The number of halogens is 1. The van der Waals surface area contributed by atoms with Crippen molar-refractivity contribution in [3.63, 3.8) is 0 Å². The Kier molecular flexibility index (Phi) is 17.4. The van der Waals surface area contributed by atoms with Gasteiger partial charge in [-0.05, 0) is 21.2 Å². The van der Waals surface area contributed by atoms with Gasteiger partial charge in [-0.1, -0.05) is 152 Å². The van der Waals surface area contributed by atoms with E-state index < -0.39 is 0 Å². The summed E-state index contributed by atoms with van der Waals surface area (Å²) in [5.41, 5.74) is 0. The van der Waals surface area contributed by atoms with Gasteiger partial charge in [-0.2, -0.15) is 0 Å². The molecule has 4 heteroatoms. The summed E-state index contributed by atoms with van der Waals surface area (Å²) in [5.74, 6) is 0. The quantitative estimate of drug-likeness (QED) is 0.238. The summed E-state index contributed by atoms with van der Waals surface area (Å²) in [4.78, 5) is 0. The maximum atomic E-state index is 2.17. The van der Waals surface area contributed by atoms with Crippen LogP contribution < -0.4 is 21.2 Å². The molecule has 0 heterocycles. The summed E-state index contributed by atoms with van der Waals surface area (Å²) in [6.07, 6.45) is 0. The van der Waals surface area contributed by atoms with Gasteiger partial charge in [0.15, 0.2) is 0 Å². The van der Waals surface area contributed by atoms with Crippen LogP contribution in [0, 0.1) is 0 Å². The van der Waals surface area contributed by atoms with Crippen LogP contribution in [-0.4, -0.2) is 0 Å². The van der Waals surface area contributed by atoms with Crippen LogP contribution in [0.15, 0.2) is 121 Å². The van der Waals surface area contributed by atoms with Crippen LogP contribution in [0.2, 0.25) is 0 Å². The van der Waals surface area contributed by atoms with E-state index >= 15 is 0 Å². The van der Waals surface area contributed by atoms with Gasteiger partial charge in [-0.25, -0.2) is 0 Å². The Hall–Kier alpha value is -1.45. The molecule has 0 nitrogen and oxygen atoms in total. The molecule has 0 aliphatic rings. The molecule has 0 saturated heterocycles. The number of rotatable bonds is 4. The van der Waals surface area contributed by atoms with Gasteiger partial charge in [0.25, 0.3) is 0 Å². The molecule has 0 unspecified atom stereocenters. The van der Waals surface area contributed by atoms with Crippen molar-refractivity contribution in [1.29, 1.82) is 0 Å². The molecule has 0 spiro atoms. The van der Waals surface area contributed by atoms with Crippen LogP contribution in [0.5, 0.6) is 0 Å². The monoisotopic (exact) mass is 494 g/mol. The van der Waals surface area contributed by atoms with Crippen LogP contribution in [0.1, 0.15) is 13.8 Å². The van der Waals surface area contributed by atoms with E-state index in [-0.39, 0.29) is 29.5 Å². The van der Waals surface area contributed by atoms with Crippen molar-refractivity contribution in [1.82, 2.24) is 0 Å². The predicted molar refractivity (Wildman–Crippen MR) is 140 cm³/mol. The molecule has 0 saturated carbocycles. The van der Waals surface area contributed by atoms with Crippen LogP contribution in [0.4, 0.5) is 0 Å². The van der Waals surface area contributed by atoms with Crippen molar-refractivity contribution in [3.8, 4) is 0 Å². The van der Waals surface area contributed by atoms with E-state index in [1.54, 1.807) is 0 Å². The van der Waals surface area contributed by atoms with Crippen molar-refractivity contribution >= 4 is 50.8 Å². The maximum Gasteiger partial charge on any atom is 0 e. The van der Waals surface area contributed by atoms with Gasteiger partial charge < -0.3 is 0 Å². The Bertz CT molecular complexity index is 722. The van der Waals surface area contributed by atoms with E-state index in [4.69, 9.17) is 0 Å². The van der Waals surface area contributed by atoms with Crippen molar-refractivity contribution in [2.45, 2.75) is 13.8 Å². The van der Waals surface area contributed by atoms with Gasteiger partial charge in [0.1, 0.15) is 0 Å². The molecule has 0 aliphatic carbocycles. The van der Waals surface area contributed by atoms with Crippen molar-refractivity contribution in [2.24, 2.45) is 0 Å². The third-order valence-corrected chi connectivity index (χ3v) is 6.16. The van der Waals surface area contributed by atoms with Gasteiger partial charge in [0.2, 0.25) is 0 Å². The molecule has 158 valence electrons. The van der Waals surface area contributed by atoms with Gasteiger partial charge in [-0.3, -0.25) is 0 Å². The Balaban J connectivity index is 0.000000488. The first kappa shape index (κ1) is 28.5. The Morgan fingerprint density at radius 3 is 0.700 bits per heavy atom. The van der Waals surface area contributed by atoms with Gasteiger partial charge in [0, 0.05) is 17.1 Å². The molecule has 0 bridgehead atoms. The molecule has 4 rings (SSSR count). The fraction of sp³-hybridized carbons (Fsp3) is 0.0769. The Labute approximate surface area is 202 Å². The molecule has 0 atom stereocenters. The van der Waals surface area contributed by atoms with E-state index in [9.17, 15) is 0 Å². The molecular formula is C26H29ClFeP2. The third-order valence-electron chi connectivity index (χ3n) is 3.67. The third kappa shape index (κ3) is 11.7. The summed E-state index contributed by atoms with van der Waals surface area (Å²) in [6, 6.07) is 42.3. The second-order valence-corrected chi connectivity index (χ2v) is 8.52. The summed E-state index contributed by atoms with van der Waals surface area (Å²) >= 11 is 0. The van der Waals surface area contributed by atoms with E-state index in [0.717, 1.165) is 17.2 Å². The molecule has 0 aliphatic heterocycles. The maximum absolute atomic E-state index is 2.17. The van der Waals surface area contributed by atoms with Crippen molar-refractivity contribution in [2.75, 3.05) is 0 Å². The van der Waals surface area contributed by atoms with E-state index in [1.807, 2.05) is 13.8 Å². The SMILES string of the molecule is CC.Cl.[Fe].c1ccc(Pc2ccccc2)cc1.c1ccc(Pc2ccccc2)cc1. The second kappa shape index (κ2) is 18.3. The number of benzene rings is 4. The fourth-order valence-electron chi connectivity index (χ4n) is 2.42. The normalized spacial score (nSPS) is 8.73. The first-order valence-electron chi connectivity index (χ1n) is 9.64. The summed E-state index contributed by atoms with van der Waals surface area (Å²) in [6.45, 7) is 4.00. The smallest absolute Gasteiger partial charge is 0 e. The van der Waals surface area contributed by atoms with Crippen LogP contribution in [-0.2, 0) is 17.1 Å². The van der Waals surface area contributed by atoms with E-state index in [2.05, 4.69) is 121 Å². The second-order valence-electron chi connectivity index (χ2n) is 5.71. The minimum atomic E-state index is 0. The van der Waals surface area contributed by atoms with Gasteiger partial charge >= 0.3 is 0 Å². The zero-order chi connectivity index (χ0) is 19.9. The van der Waals surface area contributed by atoms with E-state index in [1.165, 1.54) is 21.2 Å². The zero-order valence-electron chi connectivity index (χ0n) is 17.3. The molecule has 4 aromatic carbocycles. The van der Waals surface area contributed by atoms with Crippen molar-refractivity contribution in [3.05, 3.63) is 121 Å². The minimum absolute atomic E-state index is 0. The van der Waals surface area contributed by atoms with Crippen LogP contribution in [0.3, 0.4) is 0 Å². The first-order chi connectivity index (χ1) is 13.9. The molecular weight excluding hydrogens is 466 g/mol. The molecule has 0 amide bonds. The number of hydrogen-bond acceptors (Lipinski definition) is 0. The molecule has 4 aromatic rings. The Morgan fingerprint density at radius 1 is 0.367 bits per heavy atom. The van der Waals surface area contributed by atoms with Crippen molar-refractivity contribution < 1.29 is 17.1 Å². The van der Waals surface area contributed by atoms with E-state index in [0.29, 0.717) is 0 Å². The summed E-state index contributed by atoms with van der Waals surface area (Å²) < 4.78 is 0. The molecule has 0 N–H and O–H groups in total. The molecule has 0 fully saturated rings. The Morgan fingerprint density at radius 2 is 0.533 bits per heavy atom.